The highest BCUT2D eigenvalue weighted by molar-refractivity contribution is 6.77. The summed E-state index contributed by atoms with van der Waals surface area (Å²) in [4.78, 5) is 12.1. The summed E-state index contributed by atoms with van der Waals surface area (Å²) in [6, 6.07) is 0. The molecule has 4 nitrogen and oxygen atoms in total. The average molecular weight is 331 g/mol. The minimum absolute atomic E-state index is 0.0311. The quantitative estimate of drug-likeness (QED) is 0.592. The summed E-state index contributed by atoms with van der Waals surface area (Å²) < 4.78 is 17.0. The van der Waals surface area contributed by atoms with Gasteiger partial charge in [0.25, 0.3) is 0 Å². The lowest BCUT2D eigenvalue weighted by Crippen LogP contribution is -2.48. The Bertz CT molecular complexity index is 314. The number of hydrogen-bond acceptors (Lipinski definition) is 4. The van der Waals surface area contributed by atoms with E-state index in [0.29, 0.717) is 49.5 Å². The number of ketones is 1. The van der Waals surface area contributed by atoms with Gasteiger partial charge in [0.15, 0.2) is 8.32 Å². The van der Waals surface area contributed by atoms with Gasteiger partial charge in [-0.3, -0.25) is 4.79 Å². The molecule has 0 radical (unpaired) electrons. The molecular weight excluding hydrogens is 296 g/mol. The third-order valence-corrected chi connectivity index (χ3v) is 11.0. The highest BCUT2D eigenvalue weighted by Gasteiger charge is 2.44. The van der Waals surface area contributed by atoms with Gasteiger partial charge in [0.2, 0.25) is 0 Å². The number of hydrogen-bond donors (Lipinski definition) is 0. The molecule has 1 fully saturated rings. The SMILES string of the molecule is CC(C)[Si](OCCC(=O)C[C@@H]1CCOCO1)(C(C)C)C(C)C. The molecular formula is C17H34O4Si. The van der Waals surface area contributed by atoms with Crippen LogP contribution in [0.1, 0.15) is 60.8 Å². The topological polar surface area (TPSA) is 44.8 Å². The maximum absolute atomic E-state index is 12.1. The van der Waals surface area contributed by atoms with Crippen LogP contribution in [-0.2, 0) is 18.7 Å². The van der Waals surface area contributed by atoms with E-state index in [0.717, 1.165) is 6.42 Å². The van der Waals surface area contributed by atoms with Gasteiger partial charge in [0.1, 0.15) is 12.6 Å². The van der Waals surface area contributed by atoms with Gasteiger partial charge in [-0.15, -0.1) is 0 Å². The Labute approximate surface area is 137 Å². The summed E-state index contributed by atoms with van der Waals surface area (Å²) in [5, 5.41) is 0. The molecule has 0 aromatic heterocycles. The predicted molar refractivity (Wildman–Crippen MR) is 91.6 cm³/mol. The van der Waals surface area contributed by atoms with Gasteiger partial charge in [-0.25, -0.2) is 0 Å². The Kier molecular flexibility index (Phi) is 8.25. The molecule has 0 amide bonds. The van der Waals surface area contributed by atoms with Crippen molar-refractivity contribution in [2.24, 2.45) is 0 Å². The molecule has 0 saturated carbocycles. The monoisotopic (exact) mass is 330 g/mol. The van der Waals surface area contributed by atoms with E-state index in [2.05, 4.69) is 41.5 Å². The van der Waals surface area contributed by atoms with Crippen LogP contribution in [-0.4, -0.2) is 40.2 Å². The molecule has 0 spiro atoms. The molecule has 130 valence electrons. The molecule has 1 rings (SSSR count). The van der Waals surface area contributed by atoms with Crippen LogP contribution in [0.3, 0.4) is 0 Å². The van der Waals surface area contributed by atoms with Gasteiger partial charge in [-0.1, -0.05) is 41.5 Å². The van der Waals surface area contributed by atoms with Crippen molar-refractivity contribution < 1.29 is 18.7 Å². The molecule has 1 atom stereocenters. The van der Waals surface area contributed by atoms with Gasteiger partial charge < -0.3 is 13.9 Å². The molecule has 0 unspecified atom stereocenters. The maximum Gasteiger partial charge on any atom is 0.200 e. The molecule has 1 aliphatic heterocycles. The minimum atomic E-state index is -1.85. The minimum Gasteiger partial charge on any atom is -0.416 e. The second kappa shape index (κ2) is 9.16. The molecule has 0 bridgehead atoms. The van der Waals surface area contributed by atoms with Gasteiger partial charge in [0.05, 0.1) is 12.7 Å². The Morgan fingerprint density at radius 3 is 2.18 bits per heavy atom. The summed E-state index contributed by atoms with van der Waals surface area (Å²) in [7, 11) is -1.85. The highest BCUT2D eigenvalue weighted by Crippen LogP contribution is 2.42. The second-order valence-electron chi connectivity index (χ2n) is 7.26. The molecule has 1 heterocycles. The largest absolute Gasteiger partial charge is 0.416 e. The molecule has 0 aromatic rings. The van der Waals surface area contributed by atoms with Crippen LogP contribution in [0.25, 0.3) is 0 Å². The van der Waals surface area contributed by atoms with E-state index < -0.39 is 8.32 Å². The zero-order chi connectivity index (χ0) is 16.8. The first-order valence-electron chi connectivity index (χ1n) is 8.65. The van der Waals surface area contributed by atoms with Crippen LogP contribution in [0.5, 0.6) is 0 Å². The molecule has 22 heavy (non-hydrogen) atoms. The summed E-state index contributed by atoms with van der Waals surface area (Å²) in [5.41, 5.74) is 1.67. The fourth-order valence-electron chi connectivity index (χ4n) is 3.86. The van der Waals surface area contributed by atoms with E-state index in [1.54, 1.807) is 0 Å². The van der Waals surface area contributed by atoms with E-state index in [-0.39, 0.29) is 11.9 Å². The first kappa shape index (κ1) is 19.8. The Morgan fingerprint density at radius 1 is 1.14 bits per heavy atom. The predicted octanol–water partition coefficient (Wildman–Crippen LogP) is 4.29. The van der Waals surface area contributed by atoms with Crippen LogP contribution in [0.15, 0.2) is 0 Å². The highest BCUT2D eigenvalue weighted by atomic mass is 28.4. The lowest BCUT2D eigenvalue weighted by atomic mass is 10.1. The average Bonchev–Trinajstić information content (AvgIpc) is 2.43. The standard InChI is InChI=1S/C17H34O4Si/c1-13(2)22(14(3)4,15(5)6)21-10-7-16(18)11-17-8-9-19-12-20-17/h13-15,17H,7-12H2,1-6H3/t17-/m0/s1. The zero-order valence-electron chi connectivity index (χ0n) is 15.2. The van der Waals surface area contributed by atoms with E-state index in [1.807, 2.05) is 0 Å². The van der Waals surface area contributed by atoms with Gasteiger partial charge in [-0.2, -0.15) is 0 Å². The summed E-state index contributed by atoms with van der Waals surface area (Å²) >= 11 is 0. The molecule has 0 N–H and O–H groups in total. The number of carbonyl (C=O) groups excluding carboxylic acids is 1. The first-order valence-corrected chi connectivity index (χ1v) is 10.8. The van der Waals surface area contributed by atoms with Crippen molar-refractivity contribution in [2.75, 3.05) is 20.0 Å². The lowest BCUT2D eigenvalue weighted by molar-refractivity contribution is -0.148. The number of ether oxygens (including phenoxy) is 2. The summed E-state index contributed by atoms with van der Waals surface area (Å²) in [6.07, 6.45) is 1.84. The molecule has 5 heteroatoms. The van der Waals surface area contributed by atoms with Crippen molar-refractivity contribution in [1.29, 1.82) is 0 Å². The summed E-state index contributed by atoms with van der Waals surface area (Å²) in [6.45, 7) is 15.2. The molecule has 1 saturated heterocycles. The van der Waals surface area contributed by atoms with Crippen molar-refractivity contribution in [3.8, 4) is 0 Å². The van der Waals surface area contributed by atoms with Crippen LogP contribution in [0.4, 0.5) is 0 Å². The van der Waals surface area contributed by atoms with Crippen LogP contribution in [0, 0.1) is 0 Å². The Morgan fingerprint density at radius 2 is 1.73 bits per heavy atom. The zero-order valence-corrected chi connectivity index (χ0v) is 16.2. The van der Waals surface area contributed by atoms with Crippen molar-refractivity contribution in [3.63, 3.8) is 0 Å². The van der Waals surface area contributed by atoms with Gasteiger partial charge in [0, 0.05) is 19.4 Å². The van der Waals surface area contributed by atoms with Crippen LogP contribution < -0.4 is 0 Å². The lowest BCUT2D eigenvalue weighted by Gasteiger charge is -2.42. The van der Waals surface area contributed by atoms with E-state index in [4.69, 9.17) is 13.9 Å². The van der Waals surface area contributed by atoms with Crippen LogP contribution >= 0.6 is 0 Å². The van der Waals surface area contributed by atoms with Crippen LogP contribution in [0.2, 0.25) is 16.6 Å². The van der Waals surface area contributed by atoms with Crippen molar-refractivity contribution in [1.82, 2.24) is 0 Å². The fraction of sp³-hybridized carbons (Fsp3) is 0.941. The Hall–Kier alpha value is -0.233. The van der Waals surface area contributed by atoms with Crippen molar-refractivity contribution in [3.05, 3.63) is 0 Å². The third-order valence-electron chi connectivity index (χ3n) is 4.87. The van der Waals surface area contributed by atoms with Crippen molar-refractivity contribution in [2.45, 2.75) is 83.5 Å². The molecule has 0 aromatic carbocycles. The maximum atomic E-state index is 12.1. The Balaban J connectivity index is 2.46. The molecule has 0 aliphatic carbocycles. The molecule has 1 aliphatic rings. The van der Waals surface area contributed by atoms with E-state index in [9.17, 15) is 4.79 Å². The third kappa shape index (κ3) is 5.15. The van der Waals surface area contributed by atoms with Crippen molar-refractivity contribution >= 4 is 14.1 Å². The number of rotatable bonds is 9. The normalized spacial score (nSPS) is 20.1. The smallest absolute Gasteiger partial charge is 0.200 e. The van der Waals surface area contributed by atoms with Gasteiger partial charge >= 0.3 is 0 Å². The second-order valence-corrected chi connectivity index (χ2v) is 12.7. The first-order chi connectivity index (χ1) is 10.3. The summed E-state index contributed by atoms with van der Waals surface area (Å²) in [5.74, 6) is 0.242. The van der Waals surface area contributed by atoms with E-state index in [1.165, 1.54) is 0 Å². The van der Waals surface area contributed by atoms with E-state index >= 15 is 0 Å². The fourth-order valence-corrected chi connectivity index (χ4v) is 9.32. The van der Waals surface area contributed by atoms with Gasteiger partial charge in [-0.05, 0) is 23.0 Å². The number of Topliss-reactive ketones (excluding diaryl/α,β-unsaturated/α-hetero) is 1. The number of carbonyl (C=O) groups is 1.